The van der Waals surface area contributed by atoms with E-state index in [0.717, 1.165) is 32.4 Å². The molecule has 0 fully saturated rings. The Bertz CT molecular complexity index is 339. The van der Waals surface area contributed by atoms with E-state index < -0.39 is 0 Å². The first-order valence-electron chi connectivity index (χ1n) is 14.2. The van der Waals surface area contributed by atoms with Crippen LogP contribution >= 0.6 is 0 Å². The minimum Gasteiger partial charge on any atom is -0.449 e. The molecule has 0 aliphatic rings. The van der Waals surface area contributed by atoms with Crippen molar-refractivity contribution in [1.82, 2.24) is 4.90 Å². The standard InChI is InChI=1S/C28H57NO2/c1-4-7-10-13-15-17-19-22-25-29(26-23-20-18-16-14-11-8-5-2)28(30)31-27-24-21-12-9-6-3/h4-27H2,1-3H3. The summed E-state index contributed by atoms with van der Waals surface area (Å²) >= 11 is 0. The van der Waals surface area contributed by atoms with Gasteiger partial charge in [0, 0.05) is 13.1 Å². The first kappa shape index (κ1) is 30.3. The minimum absolute atomic E-state index is 0.0682. The van der Waals surface area contributed by atoms with Crippen molar-refractivity contribution in [3.05, 3.63) is 0 Å². The molecule has 0 saturated carbocycles. The molecule has 0 rings (SSSR count). The Balaban J connectivity index is 4.03. The molecule has 0 aromatic rings. The molecular formula is C28H57NO2. The van der Waals surface area contributed by atoms with Crippen LogP contribution in [0, 0.1) is 0 Å². The Morgan fingerprint density at radius 1 is 0.484 bits per heavy atom. The SMILES string of the molecule is CCCCCCCCCCN(CCCCCCCCCC)C(=O)OCCCCCCC. The third-order valence-corrected chi connectivity index (χ3v) is 6.29. The summed E-state index contributed by atoms with van der Waals surface area (Å²) in [7, 11) is 0. The van der Waals surface area contributed by atoms with Crippen molar-refractivity contribution in [2.75, 3.05) is 19.7 Å². The molecule has 3 nitrogen and oxygen atoms in total. The van der Waals surface area contributed by atoms with Crippen molar-refractivity contribution >= 4 is 6.09 Å². The number of rotatable bonds is 24. The molecule has 0 aliphatic heterocycles. The van der Waals surface area contributed by atoms with Gasteiger partial charge >= 0.3 is 6.09 Å². The zero-order chi connectivity index (χ0) is 22.8. The normalized spacial score (nSPS) is 11.1. The molecule has 0 aliphatic carbocycles. The Morgan fingerprint density at radius 3 is 1.19 bits per heavy atom. The number of carbonyl (C=O) groups excluding carboxylic acids is 1. The summed E-state index contributed by atoms with van der Waals surface area (Å²) in [4.78, 5) is 14.6. The van der Waals surface area contributed by atoms with Gasteiger partial charge < -0.3 is 9.64 Å². The fraction of sp³-hybridized carbons (Fsp3) is 0.964. The highest BCUT2D eigenvalue weighted by Gasteiger charge is 2.14. The Labute approximate surface area is 196 Å². The number of unbranched alkanes of at least 4 members (excludes halogenated alkanes) is 18. The van der Waals surface area contributed by atoms with Gasteiger partial charge in [-0.3, -0.25) is 0 Å². The maximum absolute atomic E-state index is 12.6. The fourth-order valence-corrected chi connectivity index (χ4v) is 4.12. The molecule has 0 atom stereocenters. The van der Waals surface area contributed by atoms with E-state index in [1.54, 1.807) is 0 Å². The molecule has 1 amide bonds. The Hall–Kier alpha value is -0.730. The van der Waals surface area contributed by atoms with E-state index in [9.17, 15) is 4.79 Å². The second kappa shape index (κ2) is 25.5. The summed E-state index contributed by atoms with van der Waals surface area (Å²) in [5.74, 6) is 0. The highest BCUT2D eigenvalue weighted by molar-refractivity contribution is 5.67. The van der Waals surface area contributed by atoms with Crippen LogP contribution in [0.4, 0.5) is 4.79 Å². The molecule has 0 radical (unpaired) electrons. The second-order valence-electron chi connectivity index (χ2n) is 9.47. The van der Waals surface area contributed by atoms with Gasteiger partial charge in [-0.1, -0.05) is 136 Å². The summed E-state index contributed by atoms with van der Waals surface area (Å²) in [5, 5.41) is 0. The smallest absolute Gasteiger partial charge is 0.409 e. The van der Waals surface area contributed by atoms with Gasteiger partial charge in [0.2, 0.25) is 0 Å². The Kier molecular flexibility index (Phi) is 24.9. The van der Waals surface area contributed by atoms with Gasteiger partial charge in [0.25, 0.3) is 0 Å². The van der Waals surface area contributed by atoms with Gasteiger partial charge in [-0.25, -0.2) is 4.79 Å². The summed E-state index contributed by atoms with van der Waals surface area (Å²) in [6.45, 7) is 9.11. The lowest BCUT2D eigenvalue weighted by molar-refractivity contribution is 0.0989. The predicted octanol–water partition coefficient (Wildman–Crippen LogP) is 9.68. The molecule has 0 aromatic carbocycles. The van der Waals surface area contributed by atoms with Crippen molar-refractivity contribution < 1.29 is 9.53 Å². The number of hydrogen-bond donors (Lipinski definition) is 0. The molecule has 186 valence electrons. The molecule has 0 bridgehead atoms. The van der Waals surface area contributed by atoms with Gasteiger partial charge in [0.1, 0.15) is 0 Å². The summed E-state index contributed by atoms with van der Waals surface area (Å²) in [5.41, 5.74) is 0. The lowest BCUT2D eigenvalue weighted by Gasteiger charge is -2.22. The van der Waals surface area contributed by atoms with Gasteiger partial charge in [-0.2, -0.15) is 0 Å². The van der Waals surface area contributed by atoms with Crippen LogP contribution < -0.4 is 0 Å². The van der Waals surface area contributed by atoms with Crippen molar-refractivity contribution in [2.45, 2.75) is 156 Å². The summed E-state index contributed by atoms with van der Waals surface area (Å²) in [6.07, 6.45) is 26.8. The summed E-state index contributed by atoms with van der Waals surface area (Å²) < 4.78 is 5.62. The molecular weight excluding hydrogens is 382 g/mol. The van der Waals surface area contributed by atoms with E-state index in [1.165, 1.54) is 116 Å². The molecule has 0 spiro atoms. The summed E-state index contributed by atoms with van der Waals surface area (Å²) in [6, 6.07) is 0. The van der Waals surface area contributed by atoms with E-state index >= 15 is 0 Å². The first-order valence-corrected chi connectivity index (χ1v) is 14.2. The van der Waals surface area contributed by atoms with Crippen LogP contribution in [0.3, 0.4) is 0 Å². The van der Waals surface area contributed by atoms with Crippen LogP contribution in [0.5, 0.6) is 0 Å². The van der Waals surface area contributed by atoms with E-state index in [0.29, 0.717) is 6.61 Å². The van der Waals surface area contributed by atoms with Crippen LogP contribution in [-0.2, 0) is 4.74 Å². The molecule has 0 aromatic heterocycles. The van der Waals surface area contributed by atoms with Gasteiger partial charge in [-0.15, -0.1) is 0 Å². The molecule has 0 unspecified atom stereocenters. The largest absolute Gasteiger partial charge is 0.449 e. The first-order chi connectivity index (χ1) is 15.3. The zero-order valence-corrected chi connectivity index (χ0v) is 21.7. The minimum atomic E-state index is -0.0682. The highest BCUT2D eigenvalue weighted by Crippen LogP contribution is 2.12. The number of nitrogens with zero attached hydrogens (tertiary/aromatic N) is 1. The third kappa shape index (κ3) is 22.3. The topological polar surface area (TPSA) is 29.5 Å². The third-order valence-electron chi connectivity index (χ3n) is 6.29. The number of carbonyl (C=O) groups is 1. The van der Waals surface area contributed by atoms with Crippen LogP contribution in [0.25, 0.3) is 0 Å². The van der Waals surface area contributed by atoms with Crippen molar-refractivity contribution in [1.29, 1.82) is 0 Å². The van der Waals surface area contributed by atoms with Crippen LogP contribution in [0.1, 0.15) is 156 Å². The molecule has 31 heavy (non-hydrogen) atoms. The average Bonchev–Trinajstić information content (AvgIpc) is 2.78. The maximum Gasteiger partial charge on any atom is 0.409 e. The van der Waals surface area contributed by atoms with Gasteiger partial charge in [-0.05, 0) is 19.3 Å². The second-order valence-corrected chi connectivity index (χ2v) is 9.47. The highest BCUT2D eigenvalue weighted by atomic mass is 16.6. The maximum atomic E-state index is 12.6. The lowest BCUT2D eigenvalue weighted by atomic mass is 10.1. The van der Waals surface area contributed by atoms with Crippen molar-refractivity contribution in [2.24, 2.45) is 0 Å². The van der Waals surface area contributed by atoms with E-state index in [2.05, 4.69) is 20.8 Å². The van der Waals surface area contributed by atoms with Crippen LogP contribution in [0.2, 0.25) is 0 Å². The van der Waals surface area contributed by atoms with Gasteiger partial charge in [0.05, 0.1) is 6.61 Å². The monoisotopic (exact) mass is 439 g/mol. The average molecular weight is 440 g/mol. The molecule has 3 heteroatoms. The van der Waals surface area contributed by atoms with Crippen molar-refractivity contribution in [3.63, 3.8) is 0 Å². The van der Waals surface area contributed by atoms with E-state index in [-0.39, 0.29) is 6.09 Å². The zero-order valence-electron chi connectivity index (χ0n) is 21.7. The number of ether oxygens (including phenoxy) is 1. The van der Waals surface area contributed by atoms with E-state index in [1.807, 2.05) is 4.90 Å². The van der Waals surface area contributed by atoms with Crippen LogP contribution in [0.15, 0.2) is 0 Å². The fourth-order valence-electron chi connectivity index (χ4n) is 4.12. The van der Waals surface area contributed by atoms with Gasteiger partial charge in [0.15, 0.2) is 0 Å². The predicted molar refractivity (Wildman–Crippen MR) is 137 cm³/mol. The number of hydrogen-bond acceptors (Lipinski definition) is 2. The van der Waals surface area contributed by atoms with Crippen molar-refractivity contribution in [3.8, 4) is 0 Å². The quantitative estimate of drug-likeness (QED) is 0.140. The molecule has 0 saturated heterocycles. The lowest BCUT2D eigenvalue weighted by Crippen LogP contribution is -2.33. The number of amides is 1. The Morgan fingerprint density at radius 2 is 0.806 bits per heavy atom. The van der Waals surface area contributed by atoms with Crippen LogP contribution in [-0.4, -0.2) is 30.7 Å². The van der Waals surface area contributed by atoms with E-state index in [4.69, 9.17) is 4.74 Å². The molecule has 0 heterocycles. The molecule has 0 N–H and O–H groups in total.